The van der Waals surface area contributed by atoms with E-state index in [-0.39, 0.29) is 5.92 Å². The average Bonchev–Trinajstić information content (AvgIpc) is 3.12. The molecule has 3 aromatic rings. The summed E-state index contributed by atoms with van der Waals surface area (Å²) in [5.74, 6) is 11.5. The lowest BCUT2D eigenvalue weighted by molar-refractivity contribution is 0.143. The van der Waals surface area contributed by atoms with Crippen LogP contribution < -0.4 is 16.6 Å². The van der Waals surface area contributed by atoms with E-state index in [1.807, 2.05) is 48.5 Å². The van der Waals surface area contributed by atoms with Gasteiger partial charge in [0.25, 0.3) is 0 Å². The van der Waals surface area contributed by atoms with Gasteiger partial charge in [0.1, 0.15) is 6.61 Å². The molecule has 3 aromatic carbocycles. The SMILES string of the molecule is NNc1ccc(C#CCCNC(=O)OCC2c3ccccc3-c3ccccc32)cc1. The van der Waals surface area contributed by atoms with Gasteiger partial charge in [-0.05, 0) is 46.5 Å². The van der Waals surface area contributed by atoms with Crippen molar-refractivity contribution in [2.24, 2.45) is 5.84 Å². The highest BCUT2D eigenvalue weighted by Gasteiger charge is 2.28. The second-order valence-electron chi connectivity index (χ2n) is 7.03. The zero-order chi connectivity index (χ0) is 20.8. The predicted molar refractivity (Wildman–Crippen MR) is 119 cm³/mol. The molecule has 0 heterocycles. The van der Waals surface area contributed by atoms with Crippen LogP contribution in [0.25, 0.3) is 11.1 Å². The summed E-state index contributed by atoms with van der Waals surface area (Å²) in [6.45, 7) is 0.749. The number of rotatable bonds is 5. The molecule has 0 unspecified atom stereocenters. The Balaban J connectivity index is 1.27. The molecule has 0 saturated heterocycles. The minimum Gasteiger partial charge on any atom is -0.449 e. The minimum absolute atomic E-state index is 0.0638. The number of nitrogens with two attached hydrogens (primary N) is 1. The van der Waals surface area contributed by atoms with Crippen molar-refractivity contribution >= 4 is 11.8 Å². The van der Waals surface area contributed by atoms with Gasteiger partial charge < -0.3 is 15.5 Å². The van der Waals surface area contributed by atoms with E-state index in [2.05, 4.69) is 46.8 Å². The first kappa shape index (κ1) is 19.6. The molecule has 0 saturated carbocycles. The monoisotopic (exact) mass is 397 g/mol. The number of anilines is 1. The Bertz CT molecular complexity index is 1050. The molecule has 30 heavy (non-hydrogen) atoms. The van der Waals surface area contributed by atoms with E-state index in [0.29, 0.717) is 19.6 Å². The van der Waals surface area contributed by atoms with Gasteiger partial charge in [-0.3, -0.25) is 5.84 Å². The summed E-state index contributed by atoms with van der Waals surface area (Å²) < 4.78 is 5.51. The zero-order valence-electron chi connectivity index (χ0n) is 16.5. The van der Waals surface area contributed by atoms with Crippen molar-refractivity contribution < 1.29 is 9.53 Å². The number of alkyl carbamates (subject to hydrolysis) is 1. The first-order valence-electron chi connectivity index (χ1n) is 9.90. The van der Waals surface area contributed by atoms with Gasteiger partial charge in [-0.2, -0.15) is 0 Å². The van der Waals surface area contributed by atoms with Crippen molar-refractivity contribution in [2.45, 2.75) is 12.3 Å². The fraction of sp³-hybridized carbons (Fsp3) is 0.160. The first-order chi connectivity index (χ1) is 14.8. The van der Waals surface area contributed by atoms with Crippen LogP contribution >= 0.6 is 0 Å². The van der Waals surface area contributed by atoms with Crippen LogP contribution in [0.15, 0.2) is 72.8 Å². The Kier molecular flexibility index (Phi) is 5.98. The van der Waals surface area contributed by atoms with E-state index in [1.54, 1.807) is 0 Å². The standard InChI is InChI=1S/C25H23N3O2/c26-28-19-14-12-18(13-15-19)7-5-6-16-27-25(29)30-17-24-22-10-3-1-8-20(22)21-9-2-4-11-23(21)24/h1-4,8-15,24,28H,6,16-17,26H2,(H,27,29). The van der Waals surface area contributed by atoms with Gasteiger partial charge in [-0.25, -0.2) is 4.79 Å². The molecule has 0 aliphatic heterocycles. The van der Waals surface area contributed by atoms with Gasteiger partial charge in [0.15, 0.2) is 0 Å². The van der Waals surface area contributed by atoms with E-state index in [4.69, 9.17) is 10.6 Å². The van der Waals surface area contributed by atoms with Gasteiger partial charge in [-0.15, -0.1) is 0 Å². The number of carbonyl (C=O) groups is 1. The Morgan fingerprint density at radius 3 is 2.20 bits per heavy atom. The molecule has 0 radical (unpaired) electrons. The summed E-state index contributed by atoms with van der Waals surface area (Å²) in [7, 11) is 0. The fourth-order valence-electron chi connectivity index (χ4n) is 3.69. The van der Waals surface area contributed by atoms with Crippen LogP contribution in [0.3, 0.4) is 0 Å². The number of nitrogens with one attached hydrogen (secondary N) is 2. The number of benzene rings is 3. The molecule has 0 spiro atoms. The first-order valence-corrected chi connectivity index (χ1v) is 9.90. The summed E-state index contributed by atoms with van der Waals surface area (Å²) >= 11 is 0. The number of nitrogen functional groups attached to an aromatic ring is 1. The maximum Gasteiger partial charge on any atom is 0.407 e. The maximum absolute atomic E-state index is 12.1. The molecule has 0 aromatic heterocycles. The molecular weight excluding hydrogens is 374 g/mol. The van der Waals surface area contributed by atoms with Crippen LogP contribution in [0, 0.1) is 11.8 Å². The second-order valence-corrected chi connectivity index (χ2v) is 7.03. The lowest BCUT2D eigenvalue weighted by Crippen LogP contribution is -2.26. The number of carbonyl (C=O) groups excluding carboxylic acids is 1. The van der Waals surface area contributed by atoms with Crippen molar-refractivity contribution in [2.75, 3.05) is 18.6 Å². The Hall–Kier alpha value is -3.75. The van der Waals surface area contributed by atoms with Crippen molar-refractivity contribution in [1.29, 1.82) is 0 Å². The van der Waals surface area contributed by atoms with Crippen LogP contribution in [0.4, 0.5) is 10.5 Å². The molecule has 4 N–H and O–H groups in total. The topological polar surface area (TPSA) is 76.4 Å². The normalized spacial score (nSPS) is 11.6. The predicted octanol–water partition coefficient (Wildman–Crippen LogP) is 4.25. The quantitative estimate of drug-likeness (QED) is 0.260. The maximum atomic E-state index is 12.1. The van der Waals surface area contributed by atoms with Gasteiger partial charge in [-0.1, -0.05) is 60.4 Å². The molecule has 5 heteroatoms. The van der Waals surface area contributed by atoms with E-state index in [1.165, 1.54) is 22.3 Å². The molecule has 150 valence electrons. The van der Waals surface area contributed by atoms with E-state index in [0.717, 1.165) is 11.3 Å². The molecule has 5 nitrogen and oxygen atoms in total. The summed E-state index contributed by atoms with van der Waals surface area (Å²) in [6.07, 6.45) is 0.123. The number of amides is 1. The third kappa shape index (κ3) is 4.29. The molecule has 1 aliphatic carbocycles. The molecular formula is C25H23N3O2. The van der Waals surface area contributed by atoms with Crippen LogP contribution in [0.1, 0.15) is 29.0 Å². The third-order valence-electron chi connectivity index (χ3n) is 5.15. The van der Waals surface area contributed by atoms with E-state index in [9.17, 15) is 4.79 Å². The molecule has 4 rings (SSSR count). The van der Waals surface area contributed by atoms with Crippen molar-refractivity contribution in [3.8, 4) is 23.0 Å². The number of hydrazine groups is 1. The van der Waals surface area contributed by atoms with Crippen molar-refractivity contribution in [3.05, 3.63) is 89.5 Å². The number of ether oxygens (including phenoxy) is 1. The van der Waals surface area contributed by atoms with Crippen LogP contribution in [-0.2, 0) is 4.74 Å². The minimum atomic E-state index is -0.419. The average molecular weight is 397 g/mol. The van der Waals surface area contributed by atoms with Gasteiger partial charge in [0, 0.05) is 30.1 Å². The van der Waals surface area contributed by atoms with Crippen LogP contribution in [0.5, 0.6) is 0 Å². The van der Waals surface area contributed by atoms with Gasteiger partial charge in [0.2, 0.25) is 0 Å². The smallest absolute Gasteiger partial charge is 0.407 e. The Morgan fingerprint density at radius 2 is 1.57 bits per heavy atom. The summed E-state index contributed by atoms with van der Waals surface area (Å²) in [5, 5.41) is 2.77. The Labute approximate surface area is 176 Å². The molecule has 1 amide bonds. The molecule has 0 fully saturated rings. The highest BCUT2D eigenvalue weighted by atomic mass is 16.5. The molecule has 0 atom stereocenters. The summed E-state index contributed by atoms with van der Waals surface area (Å²) in [5.41, 5.74) is 9.14. The highest BCUT2D eigenvalue weighted by molar-refractivity contribution is 5.79. The Morgan fingerprint density at radius 1 is 0.933 bits per heavy atom. The fourth-order valence-corrected chi connectivity index (χ4v) is 3.69. The lowest BCUT2D eigenvalue weighted by atomic mass is 9.98. The van der Waals surface area contributed by atoms with Crippen molar-refractivity contribution in [1.82, 2.24) is 5.32 Å². The van der Waals surface area contributed by atoms with Crippen LogP contribution in [-0.4, -0.2) is 19.2 Å². The van der Waals surface area contributed by atoms with E-state index < -0.39 is 6.09 Å². The molecule has 0 bridgehead atoms. The summed E-state index contributed by atoms with van der Waals surface area (Å²) in [4.78, 5) is 12.1. The van der Waals surface area contributed by atoms with E-state index >= 15 is 0 Å². The van der Waals surface area contributed by atoms with Crippen LogP contribution in [0.2, 0.25) is 0 Å². The molecule has 1 aliphatic rings. The zero-order valence-corrected chi connectivity index (χ0v) is 16.5. The summed E-state index contributed by atoms with van der Waals surface area (Å²) in [6, 6.07) is 24.1. The van der Waals surface area contributed by atoms with Gasteiger partial charge in [0.05, 0.1) is 0 Å². The highest BCUT2D eigenvalue weighted by Crippen LogP contribution is 2.44. The number of hydrogen-bond donors (Lipinski definition) is 3. The lowest BCUT2D eigenvalue weighted by Gasteiger charge is -2.14. The van der Waals surface area contributed by atoms with Crippen molar-refractivity contribution in [3.63, 3.8) is 0 Å². The number of fused-ring (bicyclic) bond motifs is 3. The largest absolute Gasteiger partial charge is 0.449 e. The third-order valence-corrected chi connectivity index (χ3v) is 5.15. The number of hydrogen-bond acceptors (Lipinski definition) is 4. The van der Waals surface area contributed by atoms with Gasteiger partial charge >= 0.3 is 6.09 Å². The second kappa shape index (κ2) is 9.17.